The van der Waals surface area contributed by atoms with Crippen molar-refractivity contribution in [2.45, 2.75) is 207 Å². The molecule has 6 aliphatic carbocycles. The quantitative estimate of drug-likeness (QED) is 0.105. The lowest BCUT2D eigenvalue weighted by molar-refractivity contribution is -0.497. The third kappa shape index (κ3) is 19.2. The number of amides is 1. The number of rotatable bonds is 8. The van der Waals surface area contributed by atoms with Gasteiger partial charge in [0, 0.05) is 36.1 Å². The number of carbonyl (C=O) groups is 3. The van der Waals surface area contributed by atoms with E-state index in [1.54, 1.807) is 5.57 Å². The smallest absolute Gasteiger partial charge is 0.303 e. The predicted molar refractivity (Wildman–Crippen MR) is 282 cm³/mol. The molecular weight excluding hydrogens is 860 g/mol. The molecule has 0 aromatic carbocycles. The normalized spacial score (nSPS) is 34.6. The van der Waals surface area contributed by atoms with Gasteiger partial charge in [0.15, 0.2) is 0 Å². The predicted octanol–water partition coefficient (Wildman–Crippen LogP) is 13.2. The first-order valence-corrected chi connectivity index (χ1v) is 26.8. The second kappa shape index (κ2) is 28.1. The molecule has 0 aromatic heterocycles. The average molecular weight is 966 g/mol. The molecule has 1 spiro atoms. The van der Waals surface area contributed by atoms with Crippen LogP contribution in [0.3, 0.4) is 0 Å². The molecule has 6 saturated carbocycles. The van der Waals surface area contributed by atoms with Gasteiger partial charge in [0.2, 0.25) is 12.5 Å². The summed E-state index contributed by atoms with van der Waals surface area (Å²) in [4.78, 5) is 42.8. The van der Waals surface area contributed by atoms with Gasteiger partial charge in [0.25, 0.3) is 0 Å². The van der Waals surface area contributed by atoms with Gasteiger partial charge in [-0.2, -0.15) is 0 Å². The van der Waals surface area contributed by atoms with Gasteiger partial charge < -0.3 is 21.9 Å². The number of ketones is 1. The summed E-state index contributed by atoms with van der Waals surface area (Å²) in [5, 5.41) is 22.3. The lowest BCUT2D eigenvalue weighted by atomic mass is 9.82. The molecule has 0 radical (unpaired) electrons. The van der Waals surface area contributed by atoms with Crippen LogP contribution in [-0.2, 0) is 14.4 Å². The fourth-order valence-corrected chi connectivity index (χ4v) is 13.3. The topological polar surface area (TPSA) is 179 Å². The van der Waals surface area contributed by atoms with E-state index in [9.17, 15) is 24.5 Å². The minimum Gasteiger partial charge on any atom is -0.481 e. The van der Waals surface area contributed by atoms with E-state index >= 15 is 0 Å². The Kier molecular flexibility index (Phi) is 26.4. The van der Waals surface area contributed by atoms with E-state index in [4.69, 9.17) is 16.6 Å². The molecule has 7 aliphatic rings. The summed E-state index contributed by atoms with van der Waals surface area (Å²) in [6.07, 6.45) is 19.0. The Hall–Kier alpha value is -2.04. The van der Waals surface area contributed by atoms with Gasteiger partial charge in [0.1, 0.15) is 5.78 Å². The van der Waals surface area contributed by atoms with Crippen LogP contribution in [0, 0.1) is 103 Å². The number of Topliss-reactive ketones (excluding diaryl/α,β-unsaturated/α-hetero) is 1. The number of halogens is 1. The van der Waals surface area contributed by atoms with Crippen LogP contribution in [0.2, 0.25) is 0 Å². The van der Waals surface area contributed by atoms with Crippen molar-refractivity contribution in [2.75, 3.05) is 26.2 Å². The van der Waals surface area contributed by atoms with E-state index in [0.717, 1.165) is 100.0 Å². The number of carbonyl (C=O) groups excluding carboxylic acids is 2. The molecule has 1 heterocycles. The lowest BCUT2D eigenvalue weighted by Crippen LogP contribution is -2.30. The summed E-state index contributed by atoms with van der Waals surface area (Å²) < 4.78 is 0. The zero-order chi connectivity index (χ0) is 50.4. The van der Waals surface area contributed by atoms with Crippen LogP contribution in [0.1, 0.15) is 207 Å². The summed E-state index contributed by atoms with van der Waals surface area (Å²) in [5.41, 5.74) is 13.9. The van der Waals surface area contributed by atoms with Crippen LogP contribution in [0.5, 0.6) is 0 Å². The van der Waals surface area contributed by atoms with Crippen LogP contribution in [0.15, 0.2) is 11.6 Å². The van der Waals surface area contributed by atoms with Crippen molar-refractivity contribution in [3.63, 3.8) is 0 Å². The fraction of sp³-hybridized carbons (Fsp3) is 0.911. The minimum absolute atomic E-state index is 0. The van der Waals surface area contributed by atoms with E-state index in [-0.39, 0.29) is 47.0 Å². The van der Waals surface area contributed by atoms with Gasteiger partial charge in [0.05, 0.1) is 6.42 Å². The van der Waals surface area contributed by atoms with Crippen LogP contribution < -0.4 is 16.8 Å². The van der Waals surface area contributed by atoms with E-state index < -0.39 is 5.97 Å². The number of hydrogen-bond donors (Lipinski definition) is 4. The highest BCUT2D eigenvalue weighted by Gasteiger charge is 2.47. The first kappa shape index (κ1) is 63.0. The zero-order valence-electron chi connectivity index (χ0n) is 45.6. The standard InChI is InChI=1S/2C10H19NO2.C10H17NO.C10H21N.C9H16.C7H12O.ClH/c1-7-3-10(6-11,4-8(7)2)5-9(12)13;1-4-10(7-11(12)13)5-8(2)9(3)6-10;1-7-3-10(4-8(7)2)5-9(12)11-6-10;1-4-10(7-11)5-8(2)9(3)6-10;1-4-9-5-7(2)8(3)6-9;1-5-3-7(8)4-6(5)2;/h7-8H,3-6,11H2,1-2H3,(H,12,13);8-9H,4-7H2,1-3H3;7-8H,3-6H2,1-2H3,(H,11,12);8-9H,4-7,11H2,1-3H3;4,7-8H,5-6H2,1-3H3;5-6H,3-4H2,1-2H3;1H/t7-,8-;8-,9-;7-,8-;8-,9-;7-,8-;5-,6-;/m111111./s1. The molecule has 67 heavy (non-hydrogen) atoms. The molecule has 392 valence electrons. The van der Waals surface area contributed by atoms with Gasteiger partial charge in [-0.05, 0) is 184 Å². The molecule has 1 aliphatic heterocycles. The Balaban J connectivity index is 0.000000404. The molecule has 0 bridgehead atoms. The maximum Gasteiger partial charge on any atom is 0.303 e. The second-order valence-corrected chi connectivity index (χ2v) is 24.8. The molecule has 6 N–H and O–H groups in total. The van der Waals surface area contributed by atoms with Crippen LogP contribution in [0.4, 0.5) is 0 Å². The summed E-state index contributed by atoms with van der Waals surface area (Å²) in [7, 11) is 0. The van der Waals surface area contributed by atoms with Gasteiger partial charge in [-0.15, -0.1) is 12.4 Å². The van der Waals surface area contributed by atoms with Gasteiger partial charge >= 0.3 is 5.97 Å². The summed E-state index contributed by atoms with van der Waals surface area (Å²) in [6, 6.07) is 0. The molecule has 1 saturated heterocycles. The van der Waals surface area contributed by atoms with Crippen LogP contribution in [-0.4, -0.2) is 53.9 Å². The number of nitro groups is 1. The van der Waals surface area contributed by atoms with Crippen molar-refractivity contribution < 1.29 is 24.4 Å². The van der Waals surface area contributed by atoms with Gasteiger partial charge in [-0.3, -0.25) is 24.5 Å². The summed E-state index contributed by atoms with van der Waals surface area (Å²) >= 11 is 0. The number of carboxylic acids is 1. The van der Waals surface area contributed by atoms with Crippen molar-refractivity contribution in [1.29, 1.82) is 0 Å². The summed E-state index contributed by atoms with van der Waals surface area (Å²) in [5.74, 6) is 9.04. The monoisotopic (exact) mass is 965 g/mol. The largest absolute Gasteiger partial charge is 0.481 e. The number of nitrogens with two attached hydrogens (primary N) is 2. The molecule has 11 heteroatoms. The molecule has 12 atom stereocenters. The Bertz CT molecular complexity index is 1460. The number of nitrogens with zero attached hydrogens (tertiary/aromatic N) is 1. The van der Waals surface area contributed by atoms with Gasteiger partial charge in [-0.1, -0.05) is 109 Å². The second-order valence-electron chi connectivity index (χ2n) is 24.8. The van der Waals surface area contributed by atoms with E-state index in [1.165, 1.54) is 44.9 Å². The number of allylic oxidation sites excluding steroid dienone is 2. The molecular formula is C56H105ClN4O6. The third-order valence-electron chi connectivity index (χ3n) is 19.1. The third-order valence-corrected chi connectivity index (χ3v) is 19.1. The molecule has 1 amide bonds. The maximum atomic E-state index is 11.1. The molecule has 0 unspecified atom stereocenters. The Morgan fingerprint density at radius 3 is 1.21 bits per heavy atom. The van der Waals surface area contributed by atoms with Crippen molar-refractivity contribution in [1.82, 2.24) is 5.32 Å². The Labute approximate surface area is 416 Å². The highest BCUT2D eigenvalue weighted by Crippen LogP contribution is 2.50. The number of hydrogen-bond acceptors (Lipinski definition) is 7. The molecule has 10 nitrogen and oxygen atoms in total. The highest BCUT2D eigenvalue weighted by atomic mass is 35.5. The van der Waals surface area contributed by atoms with E-state index in [0.29, 0.717) is 58.7 Å². The Morgan fingerprint density at radius 1 is 0.627 bits per heavy atom. The number of aliphatic carboxylic acids is 1. The maximum absolute atomic E-state index is 11.1. The number of nitrogens with one attached hydrogen (secondary N) is 1. The molecule has 7 fully saturated rings. The summed E-state index contributed by atoms with van der Waals surface area (Å²) in [6.45, 7) is 36.1. The highest BCUT2D eigenvalue weighted by molar-refractivity contribution is 5.85. The fourth-order valence-electron chi connectivity index (χ4n) is 13.3. The Morgan fingerprint density at radius 2 is 0.970 bits per heavy atom. The van der Waals surface area contributed by atoms with E-state index in [1.807, 2.05) is 0 Å². The van der Waals surface area contributed by atoms with Crippen LogP contribution >= 0.6 is 12.4 Å². The van der Waals surface area contributed by atoms with E-state index in [2.05, 4.69) is 115 Å². The average Bonchev–Trinajstić information content (AvgIpc) is 4.09. The van der Waals surface area contributed by atoms with Crippen molar-refractivity contribution in [3.8, 4) is 0 Å². The van der Waals surface area contributed by atoms with Crippen molar-refractivity contribution in [3.05, 3.63) is 21.8 Å². The lowest BCUT2D eigenvalue weighted by Gasteiger charge is -2.25. The van der Waals surface area contributed by atoms with Crippen molar-refractivity contribution >= 4 is 30.1 Å². The van der Waals surface area contributed by atoms with Crippen LogP contribution in [0.25, 0.3) is 0 Å². The first-order valence-electron chi connectivity index (χ1n) is 26.8. The van der Waals surface area contributed by atoms with Gasteiger partial charge in [-0.25, -0.2) is 0 Å². The zero-order valence-corrected chi connectivity index (χ0v) is 46.5. The number of carboxylic acid groups (broad SMARTS) is 1. The first-order chi connectivity index (χ1) is 30.7. The SMILES string of the molecule is CC=C1C[C@@H](C)[C@H](C)C1.CCC1(CN)C[C@@H](C)[C@H](C)C1.CCC1(C[N+](=O)[O-])C[C@@H](C)[C@H](C)C1.C[C@@H]1CC(=O)C[C@H]1C.C[C@@H]1CC(CN)(CC(=O)O)C[C@H]1C.C[C@@H]1CC2(CNC(=O)C2)C[C@H]1C.Cl. The van der Waals surface area contributed by atoms with Crippen molar-refractivity contribution in [2.24, 2.45) is 104 Å². The molecule has 0 aromatic rings. The minimum atomic E-state index is -0.716. The molecule has 7 rings (SSSR count).